The highest BCUT2D eigenvalue weighted by Gasteiger charge is 2.30. The summed E-state index contributed by atoms with van der Waals surface area (Å²) in [4.78, 5) is 44.9. The number of hydrogen-bond donors (Lipinski definition) is 1. The van der Waals surface area contributed by atoms with Crippen molar-refractivity contribution in [3.63, 3.8) is 0 Å². The van der Waals surface area contributed by atoms with E-state index in [0.29, 0.717) is 13.1 Å². The number of rotatable bonds is 5. The third-order valence-corrected chi connectivity index (χ3v) is 6.30. The number of nitrogens with zero attached hydrogens (tertiary/aromatic N) is 3. The number of likely N-dealkylation sites (tertiary alicyclic amines) is 1. The van der Waals surface area contributed by atoms with Crippen molar-refractivity contribution < 1.29 is 19.3 Å². The Kier molecular flexibility index (Phi) is 5.18. The molecule has 2 aliphatic rings. The molecule has 7 nitrogen and oxygen atoms in total. The normalized spacial score (nSPS) is 18.7. The summed E-state index contributed by atoms with van der Waals surface area (Å²) in [7, 11) is 0. The molecule has 1 aromatic carbocycles. The number of quaternary nitrogens is 1. The van der Waals surface area contributed by atoms with Crippen LogP contribution in [0.2, 0.25) is 0 Å². The van der Waals surface area contributed by atoms with E-state index in [2.05, 4.69) is 6.07 Å². The smallest absolute Gasteiger partial charge is 0.229 e. The lowest BCUT2D eigenvalue weighted by Gasteiger charge is -2.32. The van der Waals surface area contributed by atoms with Crippen molar-refractivity contribution in [2.45, 2.75) is 25.8 Å². The molecule has 8 heteroatoms. The minimum atomic E-state index is -0.155. The second kappa shape index (κ2) is 7.74. The number of benzene rings is 1. The summed E-state index contributed by atoms with van der Waals surface area (Å²) in [6, 6.07) is 8.17. The van der Waals surface area contributed by atoms with E-state index >= 15 is 0 Å². The van der Waals surface area contributed by atoms with Crippen LogP contribution < -0.4 is 4.90 Å². The standard InChI is InChI=1S/C19H22N4O3S/c24-17(7-8-23-18(25)5-6-19(23)26)22-11-9-21(10-12-22)13-16-20-14-3-1-2-4-15(14)27-16/h1-4H,5-13H2/p+1. The van der Waals surface area contributed by atoms with E-state index in [-0.39, 0.29) is 43.5 Å². The fourth-order valence-corrected chi connectivity index (χ4v) is 4.74. The SMILES string of the molecule is O=C(CCN1C(=O)CCC1=O)N1CC[NH+](Cc2nc3ccccc3s2)CC1. The summed E-state index contributed by atoms with van der Waals surface area (Å²) < 4.78 is 1.21. The number of hydrogen-bond acceptors (Lipinski definition) is 5. The molecule has 2 saturated heterocycles. The van der Waals surface area contributed by atoms with Crippen molar-refractivity contribution in [2.75, 3.05) is 32.7 Å². The van der Waals surface area contributed by atoms with Crippen molar-refractivity contribution in [2.24, 2.45) is 0 Å². The minimum absolute atomic E-state index is 0.0292. The van der Waals surface area contributed by atoms with Crippen molar-refractivity contribution in [1.82, 2.24) is 14.8 Å². The molecular weight excluding hydrogens is 364 g/mol. The molecule has 142 valence electrons. The van der Waals surface area contributed by atoms with Gasteiger partial charge in [0.25, 0.3) is 0 Å². The first-order valence-electron chi connectivity index (χ1n) is 9.39. The Labute approximate surface area is 161 Å². The number of piperazine rings is 1. The highest BCUT2D eigenvalue weighted by molar-refractivity contribution is 7.18. The Hall–Kier alpha value is -2.32. The van der Waals surface area contributed by atoms with E-state index in [1.807, 2.05) is 23.1 Å². The van der Waals surface area contributed by atoms with E-state index in [0.717, 1.165) is 30.2 Å². The topological polar surface area (TPSA) is 75.0 Å². The molecule has 0 bridgehead atoms. The number of aromatic nitrogens is 1. The van der Waals surface area contributed by atoms with E-state index in [4.69, 9.17) is 4.98 Å². The number of amides is 3. The van der Waals surface area contributed by atoms with E-state index in [9.17, 15) is 14.4 Å². The van der Waals surface area contributed by atoms with Gasteiger partial charge in [-0.25, -0.2) is 4.98 Å². The quantitative estimate of drug-likeness (QED) is 0.737. The fourth-order valence-electron chi connectivity index (χ4n) is 3.70. The third kappa shape index (κ3) is 4.01. The van der Waals surface area contributed by atoms with Gasteiger partial charge < -0.3 is 9.80 Å². The van der Waals surface area contributed by atoms with Gasteiger partial charge in [0, 0.05) is 25.8 Å². The average Bonchev–Trinajstić information content (AvgIpc) is 3.23. The predicted octanol–water partition coefficient (Wildman–Crippen LogP) is 0.0625. The molecule has 0 aliphatic carbocycles. The van der Waals surface area contributed by atoms with E-state index in [1.165, 1.54) is 14.5 Å². The van der Waals surface area contributed by atoms with Crippen LogP contribution in [0.3, 0.4) is 0 Å². The fraction of sp³-hybridized carbons (Fsp3) is 0.474. The second-order valence-corrected chi connectivity index (χ2v) is 8.19. The first-order valence-corrected chi connectivity index (χ1v) is 10.2. The van der Waals surface area contributed by atoms with Gasteiger partial charge in [-0.1, -0.05) is 12.1 Å². The van der Waals surface area contributed by atoms with Crippen LogP contribution in [0.15, 0.2) is 24.3 Å². The molecule has 3 amide bonds. The molecule has 0 unspecified atom stereocenters. The molecule has 2 aromatic rings. The number of nitrogens with one attached hydrogen (secondary N) is 1. The van der Waals surface area contributed by atoms with Crippen LogP contribution in [0.1, 0.15) is 24.3 Å². The Bertz CT molecular complexity index is 824. The van der Waals surface area contributed by atoms with Gasteiger partial charge in [0.05, 0.1) is 36.4 Å². The van der Waals surface area contributed by atoms with E-state index < -0.39 is 0 Å². The third-order valence-electron chi connectivity index (χ3n) is 5.27. The molecule has 0 radical (unpaired) electrons. The maximum absolute atomic E-state index is 12.4. The summed E-state index contributed by atoms with van der Waals surface area (Å²) in [5.74, 6) is -0.280. The van der Waals surface area contributed by atoms with Crippen LogP contribution in [0.5, 0.6) is 0 Å². The van der Waals surface area contributed by atoms with Crippen LogP contribution in [0, 0.1) is 0 Å². The molecule has 2 aliphatic heterocycles. The van der Waals surface area contributed by atoms with Crippen LogP contribution in [-0.4, -0.2) is 65.2 Å². The first kappa shape index (κ1) is 18.1. The van der Waals surface area contributed by atoms with Gasteiger partial charge >= 0.3 is 0 Å². The molecule has 0 saturated carbocycles. The van der Waals surface area contributed by atoms with Crippen LogP contribution in [-0.2, 0) is 20.9 Å². The summed E-state index contributed by atoms with van der Waals surface area (Å²) in [5, 5.41) is 1.14. The number of para-hydroxylation sites is 1. The molecule has 2 fully saturated rings. The number of carbonyl (C=O) groups excluding carboxylic acids is 3. The Balaban J connectivity index is 1.25. The first-order chi connectivity index (χ1) is 13.1. The maximum atomic E-state index is 12.4. The molecule has 4 rings (SSSR count). The highest BCUT2D eigenvalue weighted by atomic mass is 32.1. The largest absolute Gasteiger partial charge is 0.331 e. The van der Waals surface area contributed by atoms with Gasteiger partial charge in [0.1, 0.15) is 11.6 Å². The summed E-state index contributed by atoms with van der Waals surface area (Å²) in [6.45, 7) is 4.31. The zero-order valence-corrected chi connectivity index (χ0v) is 16.0. The van der Waals surface area contributed by atoms with Crippen LogP contribution >= 0.6 is 11.3 Å². The molecule has 27 heavy (non-hydrogen) atoms. The zero-order chi connectivity index (χ0) is 18.8. The zero-order valence-electron chi connectivity index (χ0n) is 15.1. The Morgan fingerprint density at radius 1 is 1.11 bits per heavy atom. The second-order valence-electron chi connectivity index (χ2n) is 7.07. The van der Waals surface area contributed by atoms with Gasteiger partial charge in [-0.05, 0) is 12.1 Å². The van der Waals surface area contributed by atoms with Crippen LogP contribution in [0.25, 0.3) is 10.2 Å². The van der Waals surface area contributed by atoms with Gasteiger partial charge in [-0.15, -0.1) is 11.3 Å². The summed E-state index contributed by atoms with van der Waals surface area (Å²) >= 11 is 1.74. The number of thiazole rings is 1. The number of fused-ring (bicyclic) bond motifs is 1. The monoisotopic (exact) mass is 387 g/mol. The lowest BCUT2D eigenvalue weighted by Crippen LogP contribution is -3.13. The van der Waals surface area contributed by atoms with Crippen molar-refractivity contribution in [1.29, 1.82) is 0 Å². The molecule has 3 heterocycles. The molecule has 1 N–H and O–H groups in total. The van der Waals surface area contributed by atoms with Crippen molar-refractivity contribution >= 4 is 39.3 Å². The summed E-state index contributed by atoms with van der Waals surface area (Å²) in [6.07, 6.45) is 0.784. The van der Waals surface area contributed by atoms with Crippen LogP contribution in [0.4, 0.5) is 0 Å². The molecule has 1 aromatic heterocycles. The van der Waals surface area contributed by atoms with Gasteiger partial charge in [-0.2, -0.15) is 0 Å². The minimum Gasteiger partial charge on any atom is -0.331 e. The maximum Gasteiger partial charge on any atom is 0.229 e. The Morgan fingerprint density at radius 2 is 1.81 bits per heavy atom. The van der Waals surface area contributed by atoms with Gasteiger partial charge in [-0.3, -0.25) is 19.3 Å². The van der Waals surface area contributed by atoms with Crippen molar-refractivity contribution in [3.8, 4) is 0 Å². The molecule has 0 spiro atoms. The predicted molar refractivity (Wildman–Crippen MR) is 101 cm³/mol. The molecule has 0 atom stereocenters. The van der Waals surface area contributed by atoms with Gasteiger partial charge in [0.15, 0.2) is 0 Å². The Morgan fingerprint density at radius 3 is 2.52 bits per heavy atom. The average molecular weight is 387 g/mol. The number of imide groups is 1. The van der Waals surface area contributed by atoms with Gasteiger partial charge in [0.2, 0.25) is 17.7 Å². The van der Waals surface area contributed by atoms with E-state index in [1.54, 1.807) is 11.3 Å². The highest BCUT2D eigenvalue weighted by Crippen LogP contribution is 2.20. The van der Waals surface area contributed by atoms with Crippen molar-refractivity contribution in [3.05, 3.63) is 29.3 Å². The number of carbonyl (C=O) groups is 3. The molecular formula is C19H23N4O3S+. The summed E-state index contributed by atoms with van der Waals surface area (Å²) in [5.41, 5.74) is 1.05. The lowest BCUT2D eigenvalue weighted by molar-refractivity contribution is -0.917. The lowest BCUT2D eigenvalue weighted by atomic mass is 10.2.